The molecule has 0 amide bonds. The van der Waals surface area contributed by atoms with Crippen molar-refractivity contribution in [3.05, 3.63) is 53.1 Å². The maximum atomic E-state index is 13.3. The minimum atomic E-state index is -0.198. The van der Waals surface area contributed by atoms with Crippen molar-refractivity contribution in [1.29, 1.82) is 0 Å². The molecule has 3 nitrogen and oxygen atoms in total. The Balaban J connectivity index is 2.07. The number of benzene rings is 1. The Hall–Kier alpha value is -1.68. The monoisotopic (exact) mass is 275 g/mol. The second-order valence-corrected chi connectivity index (χ2v) is 5.22. The smallest absolute Gasteiger partial charge is 0.123 e. The van der Waals surface area contributed by atoms with Crippen LogP contribution in [0.15, 0.2) is 30.6 Å². The van der Waals surface area contributed by atoms with Gasteiger partial charge in [0.15, 0.2) is 0 Å². The first-order chi connectivity index (χ1) is 9.60. The van der Waals surface area contributed by atoms with E-state index in [0.717, 1.165) is 29.7 Å². The normalized spacial score (nSPS) is 12.6. The summed E-state index contributed by atoms with van der Waals surface area (Å²) in [4.78, 5) is 0. The van der Waals surface area contributed by atoms with Crippen molar-refractivity contribution in [2.24, 2.45) is 0 Å². The van der Waals surface area contributed by atoms with Crippen LogP contribution in [0.2, 0.25) is 0 Å². The van der Waals surface area contributed by atoms with Crippen molar-refractivity contribution in [3.8, 4) is 0 Å². The van der Waals surface area contributed by atoms with Crippen molar-refractivity contribution in [3.63, 3.8) is 0 Å². The third-order valence-corrected chi connectivity index (χ3v) is 3.50. The number of nitrogens with one attached hydrogen (secondary N) is 1. The molecule has 4 heteroatoms. The molecule has 0 radical (unpaired) electrons. The summed E-state index contributed by atoms with van der Waals surface area (Å²) in [6.07, 6.45) is 5.01. The Morgan fingerprint density at radius 2 is 2.20 bits per heavy atom. The number of aryl methyl sites for hydroxylation is 1. The van der Waals surface area contributed by atoms with Crippen LogP contribution in [0.1, 0.15) is 43.0 Å². The van der Waals surface area contributed by atoms with Crippen LogP contribution >= 0.6 is 0 Å². The van der Waals surface area contributed by atoms with Crippen LogP contribution in [0.3, 0.4) is 0 Å². The number of nitrogens with zero attached hydrogens (tertiary/aromatic N) is 2. The fraction of sp³-hybridized carbons (Fsp3) is 0.438. The van der Waals surface area contributed by atoms with Gasteiger partial charge >= 0.3 is 0 Å². The van der Waals surface area contributed by atoms with Gasteiger partial charge in [0.1, 0.15) is 5.82 Å². The van der Waals surface area contributed by atoms with E-state index in [0.29, 0.717) is 6.54 Å². The van der Waals surface area contributed by atoms with Crippen molar-refractivity contribution >= 4 is 0 Å². The molecular formula is C16H22FN3. The zero-order valence-corrected chi connectivity index (χ0v) is 12.4. The second-order valence-electron chi connectivity index (χ2n) is 5.22. The third-order valence-electron chi connectivity index (χ3n) is 3.50. The molecule has 1 aromatic heterocycles. The van der Waals surface area contributed by atoms with Crippen molar-refractivity contribution in [2.45, 2.75) is 39.8 Å². The molecule has 1 N–H and O–H groups in total. The third kappa shape index (κ3) is 3.67. The van der Waals surface area contributed by atoms with E-state index in [1.54, 1.807) is 12.1 Å². The largest absolute Gasteiger partial charge is 0.310 e. The van der Waals surface area contributed by atoms with Crippen LogP contribution in [0, 0.1) is 12.7 Å². The first-order valence-corrected chi connectivity index (χ1v) is 7.11. The predicted octanol–water partition coefficient (Wildman–Crippen LogP) is 3.44. The summed E-state index contributed by atoms with van der Waals surface area (Å²) in [5.74, 6) is -0.198. The molecule has 2 aromatic rings. The van der Waals surface area contributed by atoms with Crippen LogP contribution in [-0.2, 0) is 6.54 Å². The SMILES string of the molecule is CCCNC(C)c1cnn(Cc2cc(F)ccc2C)c1. The van der Waals surface area contributed by atoms with E-state index in [4.69, 9.17) is 0 Å². The molecule has 108 valence electrons. The van der Waals surface area contributed by atoms with Gasteiger partial charge in [0, 0.05) is 17.8 Å². The van der Waals surface area contributed by atoms with E-state index in [1.165, 1.54) is 6.07 Å². The molecule has 0 bridgehead atoms. The molecule has 1 atom stereocenters. The van der Waals surface area contributed by atoms with Crippen LogP contribution in [-0.4, -0.2) is 16.3 Å². The summed E-state index contributed by atoms with van der Waals surface area (Å²) < 4.78 is 15.1. The van der Waals surface area contributed by atoms with Gasteiger partial charge in [-0.05, 0) is 50.1 Å². The molecule has 2 rings (SSSR count). The van der Waals surface area contributed by atoms with Crippen LogP contribution in [0.5, 0.6) is 0 Å². The van der Waals surface area contributed by atoms with E-state index in [1.807, 2.05) is 24.0 Å². The van der Waals surface area contributed by atoms with E-state index in [-0.39, 0.29) is 11.9 Å². The Morgan fingerprint density at radius 1 is 1.40 bits per heavy atom. The standard InChI is InChI=1S/C16H22FN3/c1-4-7-18-13(3)15-9-19-20(11-15)10-14-8-16(17)6-5-12(14)2/h5-6,8-9,11,13,18H,4,7,10H2,1-3H3. The summed E-state index contributed by atoms with van der Waals surface area (Å²) in [6, 6.07) is 5.16. The average Bonchev–Trinajstić information content (AvgIpc) is 2.89. The van der Waals surface area contributed by atoms with Gasteiger partial charge in [0.05, 0.1) is 12.7 Å². The first kappa shape index (κ1) is 14.7. The molecule has 20 heavy (non-hydrogen) atoms. The minimum Gasteiger partial charge on any atom is -0.310 e. The van der Waals surface area contributed by atoms with Gasteiger partial charge in [-0.3, -0.25) is 4.68 Å². The van der Waals surface area contributed by atoms with Gasteiger partial charge in [0.25, 0.3) is 0 Å². The van der Waals surface area contributed by atoms with E-state index in [9.17, 15) is 4.39 Å². The molecule has 0 fully saturated rings. The molecule has 0 aliphatic rings. The summed E-state index contributed by atoms with van der Waals surface area (Å²) in [6.45, 7) is 7.87. The lowest BCUT2D eigenvalue weighted by Gasteiger charge is -2.10. The van der Waals surface area contributed by atoms with E-state index in [2.05, 4.69) is 24.3 Å². The fourth-order valence-corrected chi connectivity index (χ4v) is 2.15. The second kappa shape index (κ2) is 6.66. The van der Waals surface area contributed by atoms with Gasteiger partial charge in [0.2, 0.25) is 0 Å². The van der Waals surface area contributed by atoms with Gasteiger partial charge in [-0.25, -0.2) is 4.39 Å². The molecule has 0 saturated heterocycles. The highest BCUT2D eigenvalue weighted by Gasteiger charge is 2.08. The zero-order valence-electron chi connectivity index (χ0n) is 12.4. The maximum absolute atomic E-state index is 13.3. The number of halogens is 1. The molecular weight excluding hydrogens is 253 g/mol. The van der Waals surface area contributed by atoms with Gasteiger partial charge in [-0.1, -0.05) is 13.0 Å². The number of aromatic nitrogens is 2. The number of hydrogen-bond donors (Lipinski definition) is 1. The molecule has 1 aromatic carbocycles. The summed E-state index contributed by atoms with van der Waals surface area (Å²) in [5, 5.41) is 7.80. The highest BCUT2D eigenvalue weighted by atomic mass is 19.1. The van der Waals surface area contributed by atoms with Crippen molar-refractivity contribution < 1.29 is 4.39 Å². The Kier molecular flexibility index (Phi) is 4.90. The molecule has 0 aliphatic carbocycles. The molecule has 0 saturated carbocycles. The lowest BCUT2D eigenvalue weighted by Crippen LogP contribution is -2.18. The Morgan fingerprint density at radius 3 is 2.95 bits per heavy atom. The van der Waals surface area contributed by atoms with Crippen molar-refractivity contribution in [1.82, 2.24) is 15.1 Å². The van der Waals surface area contributed by atoms with Crippen LogP contribution < -0.4 is 5.32 Å². The lowest BCUT2D eigenvalue weighted by molar-refractivity contribution is 0.569. The lowest BCUT2D eigenvalue weighted by atomic mass is 10.1. The van der Waals surface area contributed by atoms with Crippen LogP contribution in [0.25, 0.3) is 0 Å². The fourth-order valence-electron chi connectivity index (χ4n) is 2.15. The molecule has 1 unspecified atom stereocenters. The minimum absolute atomic E-state index is 0.198. The van der Waals surface area contributed by atoms with Gasteiger partial charge < -0.3 is 5.32 Å². The summed E-state index contributed by atoms with van der Waals surface area (Å²) in [7, 11) is 0. The quantitative estimate of drug-likeness (QED) is 0.875. The van der Waals surface area contributed by atoms with Crippen LogP contribution in [0.4, 0.5) is 4.39 Å². The summed E-state index contributed by atoms with van der Waals surface area (Å²) in [5.41, 5.74) is 3.21. The molecule has 1 heterocycles. The van der Waals surface area contributed by atoms with Crippen molar-refractivity contribution in [2.75, 3.05) is 6.54 Å². The number of rotatable bonds is 6. The van der Waals surface area contributed by atoms with E-state index >= 15 is 0 Å². The average molecular weight is 275 g/mol. The highest BCUT2D eigenvalue weighted by Crippen LogP contribution is 2.14. The van der Waals surface area contributed by atoms with Gasteiger partial charge in [-0.15, -0.1) is 0 Å². The van der Waals surface area contributed by atoms with E-state index < -0.39 is 0 Å². The predicted molar refractivity (Wildman–Crippen MR) is 79.2 cm³/mol. The zero-order chi connectivity index (χ0) is 14.5. The molecule has 0 aliphatic heterocycles. The molecule has 0 spiro atoms. The highest BCUT2D eigenvalue weighted by molar-refractivity contribution is 5.27. The first-order valence-electron chi connectivity index (χ1n) is 7.11. The summed E-state index contributed by atoms with van der Waals surface area (Å²) >= 11 is 0. The maximum Gasteiger partial charge on any atom is 0.123 e. The van der Waals surface area contributed by atoms with Gasteiger partial charge in [-0.2, -0.15) is 5.10 Å². The number of hydrogen-bond acceptors (Lipinski definition) is 2. The topological polar surface area (TPSA) is 29.9 Å². The Bertz CT molecular complexity index is 563. The Labute approximate surface area is 119 Å².